The van der Waals surface area contributed by atoms with E-state index in [1.54, 1.807) is 0 Å². The Hall–Kier alpha value is -1.37. The molecule has 1 N–H and O–H groups in total. The van der Waals surface area contributed by atoms with Crippen molar-refractivity contribution < 1.29 is 9.59 Å². The molecule has 0 aliphatic carbocycles. The number of hydrogen-bond donors (Lipinski definition) is 1. The summed E-state index contributed by atoms with van der Waals surface area (Å²) in [5, 5.41) is 3.24. The average molecular weight is 340 g/mol. The van der Waals surface area contributed by atoms with Crippen LogP contribution in [0.25, 0.3) is 10.9 Å². The quantitative estimate of drug-likeness (QED) is 0.589. The second-order valence-corrected chi connectivity index (χ2v) is 5.37. The van der Waals surface area contributed by atoms with E-state index >= 15 is 0 Å². The number of carbonyl (C=O) groups is 2. The molecule has 2 aromatic rings. The third-order valence-electron chi connectivity index (χ3n) is 3.10. The van der Waals surface area contributed by atoms with Crippen LogP contribution in [0.15, 0.2) is 12.3 Å². The Kier molecular flexibility index (Phi) is 2.10. The molecular weight excluding hydrogens is 331 g/mol. The van der Waals surface area contributed by atoms with Crippen molar-refractivity contribution in [3.8, 4) is 0 Å². The van der Waals surface area contributed by atoms with Crippen molar-refractivity contribution in [2.45, 2.75) is 6.92 Å². The van der Waals surface area contributed by atoms with Crippen molar-refractivity contribution >= 4 is 45.3 Å². The molecular formula is C12H9IN2O2. The van der Waals surface area contributed by atoms with Gasteiger partial charge in [0.25, 0.3) is 11.8 Å². The summed E-state index contributed by atoms with van der Waals surface area (Å²) in [6, 6.07) is 1.94. The summed E-state index contributed by atoms with van der Waals surface area (Å²) in [5.41, 5.74) is 3.03. The summed E-state index contributed by atoms with van der Waals surface area (Å²) in [4.78, 5) is 23.6. The van der Waals surface area contributed by atoms with Crippen LogP contribution in [0.1, 0.15) is 26.3 Å². The molecule has 1 aliphatic rings. The van der Waals surface area contributed by atoms with E-state index in [1.807, 2.05) is 30.8 Å². The number of carbonyl (C=O) groups excluding carboxylic acids is 2. The first-order valence-electron chi connectivity index (χ1n) is 5.14. The lowest BCUT2D eigenvalue weighted by Gasteiger charge is -2.03. The molecule has 0 atom stereocenters. The van der Waals surface area contributed by atoms with Crippen LogP contribution >= 0.6 is 22.6 Å². The van der Waals surface area contributed by atoms with Crippen LogP contribution in [0.5, 0.6) is 0 Å². The van der Waals surface area contributed by atoms with E-state index in [1.165, 1.54) is 0 Å². The number of rotatable bonds is 0. The minimum Gasteiger partial charge on any atom is -0.350 e. The summed E-state index contributed by atoms with van der Waals surface area (Å²) in [5.74, 6) is -0.581. The van der Waals surface area contributed by atoms with Crippen molar-refractivity contribution in [2.24, 2.45) is 7.05 Å². The standard InChI is InChI=1S/C12H9IN2O2/c1-5-4-15(2)7-3-6(13)9-10(8(5)7)12(17)14-11(9)16/h3-4H,1-2H3,(H,14,16,17). The summed E-state index contributed by atoms with van der Waals surface area (Å²) >= 11 is 2.10. The highest BCUT2D eigenvalue weighted by molar-refractivity contribution is 14.1. The molecule has 0 unspecified atom stereocenters. The fourth-order valence-electron chi connectivity index (χ4n) is 2.42. The maximum atomic E-state index is 11.9. The molecule has 1 aromatic heterocycles. The average Bonchev–Trinajstić information content (AvgIpc) is 2.67. The number of benzene rings is 1. The molecule has 1 aromatic carbocycles. The molecule has 86 valence electrons. The Morgan fingerprint density at radius 3 is 2.59 bits per heavy atom. The highest BCUT2D eigenvalue weighted by Crippen LogP contribution is 2.32. The van der Waals surface area contributed by atoms with Gasteiger partial charge in [-0.05, 0) is 41.1 Å². The molecule has 0 fully saturated rings. The molecule has 0 spiro atoms. The first-order valence-corrected chi connectivity index (χ1v) is 6.22. The van der Waals surface area contributed by atoms with Crippen LogP contribution in [-0.2, 0) is 7.05 Å². The zero-order valence-electron chi connectivity index (χ0n) is 9.30. The molecule has 0 saturated heterocycles. The van der Waals surface area contributed by atoms with Crippen LogP contribution in [0.2, 0.25) is 0 Å². The van der Waals surface area contributed by atoms with Crippen molar-refractivity contribution in [1.29, 1.82) is 0 Å². The smallest absolute Gasteiger partial charge is 0.260 e. The second kappa shape index (κ2) is 3.32. The highest BCUT2D eigenvalue weighted by Gasteiger charge is 2.32. The molecule has 0 radical (unpaired) electrons. The van der Waals surface area contributed by atoms with E-state index in [9.17, 15) is 9.59 Å². The lowest BCUT2D eigenvalue weighted by atomic mass is 10.0. The van der Waals surface area contributed by atoms with E-state index in [-0.39, 0.29) is 11.8 Å². The maximum Gasteiger partial charge on any atom is 0.260 e. The van der Waals surface area contributed by atoms with Gasteiger partial charge in [0, 0.05) is 27.7 Å². The van der Waals surface area contributed by atoms with Gasteiger partial charge >= 0.3 is 0 Å². The molecule has 0 bridgehead atoms. The molecule has 1 aliphatic heterocycles. The topological polar surface area (TPSA) is 51.1 Å². The first kappa shape index (κ1) is 10.8. The van der Waals surface area contributed by atoms with Gasteiger partial charge in [-0.3, -0.25) is 14.9 Å². The van der Waals surface area contributed by atoms with Crippen LogP contribution in [0.3, 0.4) is 0 Å². The van der Waals surface area contributed by atoms with E-state index < -0.39 is 0 Å². The lowest BCUT2D eigenvalue weighted by Crippen LogP contribution is -2.20. The number of fused-ring (bicyclic) bond motifs is 3. The van der Waals surface area contributed by atoms with Gasteiger partial charge in [0.05, 0.1) is 11.1 Å². The van der Waals surface area contributed by atoms with Crippen molar-refractivity contribution in [3.63, 3.8) is 0 Å². The Balaban J connectivity index is 2.58. The zero-order valence-corrected chi connectivity index (χ0v) is 11.5. The third-order valence-corrected chi connectivity index (χ3v) is 3.95. The van der Waals surface area contributed by atoms with Gasteiger partial charge in [-0.15, -0.1) is 0 Å². The van der Waals surface area contributed by atoms with Crippen molar-refractivity contribution in [2.75, 3.05) is 0 Å². The fourth-order valence-corrected chi connectivity index (χ4v) is 3.23. The maximum absolute atomic E-state index is 11.9. The lowest BCUT2D eigenvalue weighted by molar-refractivity contribution is 0.0880. The SMILES string of the molecule is Cc1cn(C)c2cc(I)c3c(c12)C(=O)NC3=O. The predicted octanol–water partition coefficient (Wildman–Crippen LogP) is 1.97. The van der Waals surface area contributed by atoms with E-state index in [4.69, 9.17) is 0 Å². The van der Waals surface area contributed by atoms with Gasteiger partial charge in [-0.2, -0.15) is 0 Å². The number of aromatic nitrogens is 1. The summed E-state index contributed by atoms with van der Waals surface area (Å²) in [6.45, 7) is 1.95. The normalized spacial score (nSPS) is 14.3. The predicted molar refractivity (Wildman–Crippen MR) is 72.2 cm³/mol. The van der Waals surface area contributed by atoms with Gasteiger partial charge in [-0.25, -0.2) is 0 Å². The molecule has 2 amide bonds. The van der Waals surface area contributed by atoms with Gasteiger partial charge in [0.15, 0.2) is 0 Å². The van der Waals surface area contributed by atoms with Gasteiger partial charge in [-0.1, -0.05) is 0 Å². The summed E-state index contributed by atoms with van der Waals surface area (Å²) in [6.07, 6.45) is 1.97. The second-order valence-electron chi connectivity index (χ2n) is 4.21. The number of nitrogens with zero attached hydrogens (tertiary/aromatic N) is 1. The highest BCUT2D eigenvalue weighted by atomic mass is 127. The number of hydrogen-bond acceptors (Lipinski definition) is 2. The Bertz CT molecular complexity index is 700. The van der Waals surface area contributed by atoms with E-state index in [2.05, 4.69) is 27.9 Å². The number of halogens is 1. The Morgan fingerprint density at radius 1 is 1.24 bits per heavy atom. The fraction of sp³-hybridized carbons (Fsp3) is 0.167. The first-order chi connectivity index (χ1) is 8.00. The van der Waals surface area contributed by atoms with Crippen LogP contribution in [-0.4, -0.2) is 16.4 Å². The molecule has 5 heteroatoms. The van der Waals surface area contributed by atoms with Crippen LogP contribution in [0.4, 0.5) is 0 Å². The molecule has 2 heterocycles. The monoisotopic (exact) mass is 340 g/mol. The van der Waals surface area contributed by atoms with E-state index in [0.717, 1.165) is 20.0 Å². The minimum absolute atomic E-state index is 0.289. The third kappa shape index (κ3) is 1.28. The molecule has 3 rings (SSSR count). The van der Waals surface area contributed by atoms with Gasteiger partial charge in [0.2, 0.25) is 0 Å². The zero-order chi connectivity index (χ0) is 12.3. The Morgan fingerprint density at radius 2 is 1.88 bits per heavy atom. The summed E-state index contributed by atoms with van der Waals surface area (Å²) < 4.78 is 2.79. The van der Waals surface area contributed by atoms with Crippen LogP contribution in [0, 0.1) is 10.5 Å². The van der Waals surface area contributed by atoms with Gasteiger partial charge < -0.3 is 4.57 Å². The minimum atomic E-state index is -0.292. The van der Waals surface area contributed by atoms with Crippen LogP contribution < -0.4 is 5.32 Å². The Labute approximate surface area is 111 Å². The van der Waals surface area contributed by atoms with Gasteiger partial charge in [0.1, 0.15) is 0 Å². The largest absolute Gasteiger partial charge is 0.350 e. The number of nitrogens with one attached hydrogen (secondary N) is 1. The van der Waals surface area contributed by atoms with E-state index in [0.29, 0.717) is 11.1 Å². The number of amides is 2. The number of imide groups is 1. The number of aryl methyl sites for hydroxylation is 2. The molecule has 0 saturated carbocycles. The summed E-state index contributed by atoms with van der Waals surface area (Å²) in [7, 11) is 1.94. The van der Waals surface area contributed by atoms with Crippen molar-refractivity contribution in [3.05, 3.63) is 32.5 Å². The molecule has 4 nitrogen and oxygen atoms in total. The van der Waals surface area contributed by atoms with Crippen molar-refractivity contribution in [1.82, 2.24) is 9.88 Å². The molecule has 17 heavy (non-hydrogen) atoms.